The molecule has 12 heavy (non-hydrogen) atoms. The predicted octanol–water partition coefficient (Wildman–Crippen LogP) is 2.85. The van der Waals surface area contributed by atoms with E-state index in [-0.39, 0.29) is 0 Å². The third kappa shape index (κ3) is 2.12. The highest BCUT2D eigenvalue weighted by atomic mass is 35.5. The van der Waals surface area contributed by atoms with Crippen molar-refractivity contribution in [1.82, 2.24) is 4.98 Å². The smallest absolute Gasteiger partial charge is 0.129 e. The van der Waals surface area contributed by atoms with Crippen molar-refractivity contribution in [2.24, 2.45) is 5.11 Å². The summed E-state index contributed by atoms with van der Waals surface area (Å²) in [6, 6.07) is 3.48. The fourth-order valence-corrected chi connectivity index (χ4v) is 1.02. The van der Waals surface area contributed by atoms with Crippen LogP contribution >= 0.6 is 11.6 Å². The molecule has 0 aromatic carbocycles. The first-order valence-corrected chi connectivity index (χ1v) is 3.74. The highest BCUT2D eigenvalue weighted by molar-refractivity contribution is 6.29. The second-order valence-electron chi connectivity index (χ2n) is 2.27. The van der Waals surface area contributed by atoms with Gasteiger partial charge in [-0.25, -0.2) is 4.98 Å². The minimum atomic E-state index is 0.326. The van der Waals surface area contributed by atoms with Crippen molar-refractivity contribution in [1.29, 1.82) is 0 Å². The summed E-state index contributed by atoms with van der Waals surface area (Å²) in [7, 11) is 0. The fourth-order valence-electron chi connectivity index (χ4n) is 0.834. The Morgan fingerprint density at radius 3 is 3.00 bits per heavy atom. The van der Waals surface area contributed by atoms with Gasteiger partial charge in [0.25, 0.3) is 0 Å². The molecule has 1 aromatic heterocycles. The Kier molecular flexibility index (Phi) is 2.91. The molecule has 0 saturated heterocycles. The summed E-state index contributed by atoms with van der Waals surface area (Å²) in [5.41, 5.74) is 9.79. The van der Waals surface area contributed by atoms with Crippen LogP contribution in [0.3, 0.4) is 0 Å². The standard InChI is InChI=1S/C7H7ClN4/c1-5-6(4-10-12-9)2-3-7(8)11-5/h2-3H,4H2,1H3. The average molecular weight is 183 g/mol. The van der Waals surface area contributed by atoms with Gasteiger partial charge in [0.05, 0.1) is 6.54 Å². The van der Waals surface area contributed by atoms with E-state index in [4.69, 9.17) is 17.1 Å². The fraction of sp³-hybridized carbons (Fsp3) is 0.286. The number of hydrogen-bond acceptors (Lipinski definition) is 2. The zero-order valence-electron chi connectivity index (χ0n) is 6.53. The van der Waals surface area contributed by atoms with Gasteiger partial charge in [-0.05, 0) is 24.1 Å². The Morgan fingerprint density at radius 1 is 1.67 bits per heavy atom. The van der Waals surface area contributed by atoms with Crippen LogP contribution in [0.25, 0.3) is 10.4 Å². The lowest BCUT2D eigenvalue weighted by Gasteiger charge is -1.99. The van der Waals surface area contributed by atoms with Crippen LogP contribution in [-0.4, -0.2) is 4.98 Å². The SMILES string of the molecule is Cc1nc(Cl)ccc1CN=[N+]=[N-]. The van der Waals surface area contributed by atoms with Crippen LogP contribution in [0.5, 0.6) is 0 Å². The summed E-state index contributed by atoms with van der Waals surface area (Å²) < 4.78 is 0. The van der Waals surface area contributed by atoms with E-state index in [1.807, 2.05) is 6.92 Å². The highest BCUT2D eigenvalue weighted by Gasteiger charge is 1.97. The van der Waals surface area contributed by atoms with Crippen molar-refractivity contribution in [3.63, 3.8) is 0 Å². The zero-order chi connectivity index (χ0) is 8.97. The van der Waals surface area contributed by atoms with Crippen molar-refractivity contribution in [3.05, 3.63) is 39.0 Å². The molecule has 0 aliphatic carbocycles. The van der Waals surface area contributed by atoms with Crippen LogP contribution in [0.4, 0.5) is 0 Å². The molecule has 0 unspecified atom stereocenters. The van der Waals surface area contributed by atoms with E-state index in [0.29, 0.717) is 11.7 Å². The number of halogens is 1. The Labute approximate surface area is 74.8 Å². The molecular formula is C7H7ClN4. The maximum atomic E-state index is 8.08. The molecule has 4 nitrogen and oxygen atoms in total. The van der Waals surface area contributed by atoms with Crippen molar-refractivity contribution >= 4 is 11.6 Å². The molecule has 5 heteroatoms. The van der Waals surface area contributed by atoms with E-state index in [1.54, 1.807) is 12.1 Å². The number of nitrogens with zero attached hydrogens (tertiary/aromatic N) is 4. The molecule has 0 saturated carbocycles. The molecule has 1 heterocycles. The Morgan fingerprint density at radius 2 is 2.42 bits per heavy atom. The van der Waals surface area contributed by atoms with Gasteiger partial charge in [-0.3, -0.25) is 0 Å². The van der Waals surface area contributed by atoms with Crippen LogP contribution in [0, 0.1) is 6.92 Å². The van der Waals surface area contributed by atoms with E-state index in [2.05, 4.69) is 15.0 Å². The zero-order valence-corrected chi connectivity index (χ0v) is 7.28. The summed E-state index contributed by atoms with van der Waals surface area (Å²) in [4.78, 5) is 6.67. The van der Waals surface area contributed by atoms with E-state index >= 15 is 0 Å². The summed E-state index contributed by atoms with van der Waals surface area (Å²) in [6.07, 6.45) is 0. The summed E-state index contributed by atoms with van der Waals surface area (Å²) in [6.45, 7) is 2.15. The summed E-state index contributed by atoms with van der Waals surface area (Å²) >= 11 is 5.64. The van der Waals surface area contributed by atoms with Gasteiger partial charge < -0.3 is 0 Å². The van der Waals surface area contributed by atoms with Gasteiger partial charge in [0.15, 0.2) is 0 Å². The average Bonchev–Trinajstić information content (AvgIpc) is 2.03. The van der Waals surface area contributed by atoms with Crippen molar-refractivity contribution in [3.8, 4) is 0 Å². The third-order valence-electron chi connectivity index (χ3n) is 1.47. The molecule has 62 valence electrons. The minimum Gasteiger partial charge on any atom is -0.241 e. The largest absolute Gasteiger partial charge is 0.241 e. The van der Waals surface area contributed by atoms with Gasteiger partial charge in [0.1, 0.15) is 5.15 Å². The highest BCUT2D eigenvalue weighted by Crippen LogP contribution is 2.11. The minimum absolute atomic E-state index is 0.326. The lowest BCUT2D eigenvalue weighted by Crippen LogP contribution is -1.90. The summed E-state index contributed by atoms with van der Waals surface area (Å²) in [5, 5.41) is 3.89. The third-order valence-corrected chi connectivity index (χ3v) is 1.68. The molecule has 0 radical (unpaired) electrons. The van der Waals surface area contributed by atoms with Gasteiger partial charge in [0.2, 0.25) is 0 Å². The van der Waals surface area contributed by atoms with Gasteiger partial charge in [-0.1, -0.05) is 22.8 Å². The molecular weight excluding hydrogens is 176 g/mol. The molecule has 0 atom stereocenters. The number of pyridine rings is 1. The van der Waals surface area contributed by atoms with Gasteiger partial charge in [0, 0.05) is 10.6 Å². The maximum absolute atomic E-state index is 8.08. The molecule has 0 spiro atoms. The van der Waals surface area contributed by atoms with Crippen LogP contribution in [-0.2, 0) is 6.54 Å². The predicted molar refractivity (Wildman–Crippen MR) is 46.8 cm³/mol. The molecule has 0 aliphatic rings. The van der Waals surface area contributed by atoms with Crippen LogP contribution in [0.2, 0.25) is 5.15 Å². The molecule has 0 amide bonds. The molecule has 0 aliphatic heterocycles. The molecule has 0 fully saturated rings. The Bertz CT molecular complexity index is 330. The monoisotopic (exact) mass is 182 g/mol. The van der Waals surface area contributed by atoms with Gasteiger partial charge >= 0.3 is 0 Å². The van der Waals surface area contributed by atoms with Gasteiger partial charge in [-0.15, -0.1) is 0 Å². The molecule has 0 N–H and O–H groups in total. The quantitative estimate of drug-likeness (QED) is 0.300. The second kappa shape index (κ2) is 3.95. The Balaban J connectivity index is 2.93. The lowest BCUT2D eigenvalue weighted by molar-refractivity contribution is 0.994. The van der Waals surface area contributed by atoms with Crippen molar-refractivity contribution in [2.45, 2.75) is 13.5 Å². The van der Waals surface area contributed by atoms with Crippen molar-refractivity contribution in [2.75, 3.05) is 0 Å². The number of azide groups is 1. The van der Waals surface area contributed by atoms with E-state index in [9.17, 15) is 0 Å². The Hall–Kier alpha value is -1.25. The maximum Gasteiger partial charge on any atom is 0.129 e. The van der Waals surface area contributed by atoms with E-state index in [0.717, 1.165) is 11.3 Å². The molecule has 0 bridgehead atoms. The number of aromatic nitrogens is 1. The van der Waals surface area contributed by atoms with Gasteiger partial charge in [-0.2, -0.15) is 0 Å². The van der Waals surface area contributed by atoms with E-state index in [1.165, 1.54) is 0 Å². The molecule has 1 aromatic rings. The molecule has 1 rings (SSSR count). The number of rotatable bonds is 2. The van der Waals surface area contributed by atoms with E-state index < -0.39 is 0 Å². The van der Waals surface area contributed by atoms with Crippen LogP contribution in [0.1, 0.15) is 11.3 Å². The first-order chi connectivity index (χ1) is 5.74. The topological polar surface area (TPSA) is 61.7 Å². The first-order valence-electron chi connectivity index (χ1n) is 3.37. The van der Waals surface area contributed by atoms with Crippen LogP contribution < -0.4 is 0 Å². The van der Waals surface area contributed by atoms with Crippen molar-refractivity contribution < 1.29 is 0 Å². The lowest BCUT2D eigenvalue weighted by atomic mass is 10.2. The normalized spacial score (nSPS) is 9.17. The summed E-state index contributed by atoms with van der Waals surface area (Å²) in [5.74, 6) is 0. The number of hydrogen-bond donors (Lipinski definition) is 0. The van der Waals surface area contributed by atoms with Crippen LogP contribution in [0.15, 0.2) is 17.2 Å². The second-order valence-corrected chi connectivity index (χ2v) is 2.65. The number of aryl methyl sites for hydroxylation is 1. The first kappa shape index (κ1) is 8.84.